The molecule has 0 spiro atoms. The van der Waals surface area contributed by atoms with Gasteiger partial charge in [-0.15, -0.1) is 0 Å². The number of rotatable bonds is 4. The molecule has 2 aliphatic heterocycles. The Kier molecular flexibility index (Phi) is 3.93. The summed E-state index contributed by atoms with van der Waals surface area (Å²) in [5, 5.41) is 3.10. The van der Waals surface area contributed by atoms with Gasteiger partial charge < -0.3 is 11.1 Å². The number of nitrogens with two attached hydrogens (primary N) is 1. The molecule has 1 atom stereocenters. The molecular weight excluding hydrogens is 236 g/mol. The van der Waals surface area contributed by atoms with Gasteiger partial charge in [0.1, 0.15) is 6.04 Å². The van der Waals surface area contributed by atoms with Gasteiger partial charge in [-0.25, -0.2) is 0 Å². The molecular formula is C11H18N4O3. The highest BCUT2D eigenvalue weighted by Gasteiger charge is 2.31. The second kappa shape index (κ2) is 5.45. The SMILES string of the molecule is NC(=O)C1CNCCN1CCN1C(=O)CCC1=O. The van der Waals surface area contributed by atoms with Gasteiger partial charge in [0.2, 0.25) is 17.7 Å². The number of primary amides is 1. The molecule has 18 heavy (non-hydrogen) atoms. The first-order valence-corrected chi connectivity index (χ1v) is 6.17. The lowest BCUT2D eigenvalue weighted by Gasteiger charge is -2.34. The van der Waals surface area contributed by atoms with Crippen LogP contribution < -0.4 is 11.1 Å². The van der Waals surface area contributed by atoms with Gasteiger partial charge in [0.15, 0.2) is 0 Å². The molecule has 7 nitrogen and oxygen atoms in total. The molecule has 3 N–H and O–H groups in total. The Morgan fingerprint density at radius 1 is 1.28 bits per heavy atom. The van der Waals surface area contributed by atoms with E-state index in [1.165, 1.54) is 4.90 Å². The predicted molar refractivity (Wildman–Crippen MR) is 63.4 cm³/mol. The first kappa shape index (κ1) is 13.0. The highest BCUT2D eigenvalue weighted by atomic mass is 16.2. The molecule has 2 aliphatic rings. The predicted octanol–water partition coefficient (Wildman–Crippen LogP) is -2.11. The topological polar surface area (TPSA) is 95.7 Å². The highest BCUT2D eigenvalue weighted by Crippen LogP contribution is 2.12. The third kappa shape index (κ3) is 2.68. The Labute approximate surface area is 105 Å². The fourth-order valence-electron chi connectivity index (χ4n) is 2.40. The molecule has 0 saturated carbocycles. The number of hydrogen-bond donors (Lipinski definition) is 2. The van der Waals surface area contributed by atoms with Crippen molar-refractivity contribution in [3.05, 3.63) is 0 Å². The normalized spacial score (nSPS) is 25.8. The highest BCUT2D eigenvalue weighted by molar-refractivity contribution is 6.01. The van der Waals surface area contributed by atoms with Gasteiger partial charge >= 0.3 is 0 Å². The van der Waals surface area contributed by atoms with Crippen LogP contribution in [0, 0.1) is 0 Å². The van der Waals surface area contributed by atoms with Crippen molar-refractivity contribution in [2.75, 3.05) is 32.7 Å². The summed E-state index contributed by atoms with van der Waals surface area (Å²) in [5.74, 6) is -0.613. The molecule has 0 aromatic heterocycles. The molecule has 100 valence electrons. The summed E-state index contributed by atoms with van der Waals surface area (Å²) in [6.45, 7) is 2.86. The lowest BCUT2D eigenvalue weighted by atomic mass is 10.2. The molecule has 0 aliphatic carbocycles. The van der Waals surface area contributed by atoms with Crippen LogP contribution in [0.4, 0.5) is 0 Å². The fourth-order valence-corrected chi connectivity index (χ4v) is 2.40. The van der Waals surface area contributed by atoms with E-state index in [2.05, 4.69) is 5.32 Å². The first-order valence-electron chi connectivity index (χ1n) is 6.17. The number of hydrogen-bond acceptors (Lipinski definition) is 5. The van der Waals surface area contributed by atoms with Crippen LogP contribution in [0.3, 0.4) is 0 Å². The van der Waals surface area contributed by atoms with E-state index >= 15 is 0 Å². The number of carbonyl (C=O) groups is 3. The maximum atomic E-state index is 11.5. The minimum Gasteiger partial charge on any atom is -0.368 e. The third-order valence-corrected chi connectivity index (χ3v) is 3.45. The van der Waals surface area contributed by atoms with Gasteiger partial charge in [0, 0.05) is 45.6 Å². The van der Waals surface area contributed by atoms with Crippen LogP contribution in [0.2, 0.25) is 0 Å². The van der Waals surface area contributed by atoms with Crippen molar-refractivity contribution in [2.45, 2.75) is 18.9 Å². The van der Waals surface area contributed by atoms with Crippen LogP contribution in [-0.4, -0.2) is 66.3 Å². The number of amides is 3. The van der Waals surface area contributed by atoms with Crippen molar-refractivity contribution in [3.8, 4) is 0 Å². The van der Waals surface area contributed by atoms with Gasteiger partial charge in [-0.3, -0.25) is 24.2 Å². The van der Waals surface area contributed by atoms with E-state index in [4.69, 9.17) is 5.73 Å². The molecule has 0 aromatic rings. The summed E-state index contributed by atoms with van der Waals surface area (Å²) in [4.78, 5) is 37.4. The van der Waals surface area contributed by atoms with Crippen molar-refractivity contribution < 1.29 is 14.4 Å². The van der Waals surface area contributed by atoms with E-state index in [9.17, 15) is 14.4 Å². The molecule has 2 rings (SSSR count). The van der Waals surface area contributed by atoms with Gasteiger partial charge in [-0.2, -0.15) is 0 Å². The summed E-state index contributed by atoms with van der Waals surface area (Å²) in [7, 11) is 0. The van der Waals surface area contributed by atoms with Crippen LogP contribution in [0.5, 0.6) is 0 Å². The Morgan fingerprint density at radius 3 is 2.56 bits per heavy atom. The van der Waals surface area contributed by atoms with E-state index in [-0.39, 0.29) is 23.8 Å². The van der Waals surface area contributed by atoms with Gasteiger partial charge in [-0.1, -0.05) is 0 Å². The Bertz CT molecular complexity index is 355. The Hall–Kier alpha value is -1.47. The largest absolute Gasteiger partial charge is 0.368 e. The van der Waals surface area contributed by atoms with Crippen LogP contribution >= 0.6 is 0 Å². The lowest BCUT2D eigenvalue weighted by molar-refractivity contribution is -0.138. The Balaban J connectivity index is 1.90. The average molecular weight is 254 g/mol. The van der Waals surface area contributed by atoms with E-state index in [0.29, 0.717) is 39.0 Å². The summed E-state index contributed by atoms with van der Waals surface area (Å²) < 4.78 is 0. The van der Waals surface area contributed by atoms with E-state index < -0.39 is 0 Å². The van der Waals surface area contributed by atoms with Crippen LogP contribution in [0.1, 0.15) is 12.8 Å². The van der Waals surface area contributed by atoms with Crippen LogP contribution in [0.25, 0.3) is 0 Å². The zero-order chi connectivity index (χ0) is 13.1. The molecule has 3 amide bonds. The van der Waals surface area contributed by atoms with Crippen molar-refractivity contribution in [2.24, 2.45) is 5.73 Å². The number of nitrogens with zero attached hydrogens (tertiary/aromatic N) is 2. The molecule has 2 saturated heterocycles. The van der Waals surface area contributed by atoms with E-state index in [0.717, 1.165) is 6.54 Å². The molecule has 0 radical (unpaired) electrons. The minimum absolute atomic E-state index is 0.120. The van der Waals surface area contributed by atoms with E-state index in [1.54, 1.807) is 0 Å². The molecule has 0 aromatic carbocycles. The molecule has 2 fully saturated rings. The van der Waals surface area contributed by atoms with Gasteiger partial charge in [0.25, 0.3) is 0 Å². The number of imide groups is 1. The second-order valence-corrected chi connectivity index (χ2v) is 4.60. The zero-order valence-corrected chi connectivity index (χ0v) is 10.2. The maximum Gasteiger partial charge on any atom is 0.236 e. The lowest BCUT2D eigenvalue weighted by Crippen LogP contribution is -2.58. The van der Waals surface area contributed by atoms with Crippen LogP contribution in [-0.2, 0) is 14.4 Å². The van der Waals surface area contributed by atoms with Crippen molar-refractivity contribution in [1.82, 2.24) is 15.1 Å². The monoisotopic (exact) mass is 254 g/mol. The zero-order valence-electron chi connectivity index (χ0n) is 10.2. The minimum atomic E-state index is -0.374. The van der Waals surface area contributed by atoms with E-state index in [1.807, 2.05) is 4.90 Å². The smallest absolute Gasteiger partial charge is 0.236 e. The molecule has 1 unspecified atom stereocenters. The third-order valence-electron chi connectivity index (χ3n) is 3.45. The summed E-state index contributed by atoms with van der Waals surface area (Å²) in [6, 6.07) is -0.355. The van der Waals surface area contributed by atoms with Gasteiger partial charge in [-0.05, 0) is 0 Å². The number of carbonyl (C=O) groups excluding carboxylic acids is 3. The number of piperazine rings is 1. The van der Waals surface area contributed by atoms with Crippen molar-refractivity contribution in [3.63, 3.8) is 0 Å². The summed E-state index contributed by atoms with van der Waals surface area (Å²) in [5.41, 5.74) is 5.33. The standard InChI is InChI=1S/C11H18N4O3/c12-11(18)8-7-13-3-4-14(8)5-6-15-9(16)1-2-10(15)17/h8,13H,1-7H2,(H2,12,18). The quantitative estimate of drug-likeness (QED) is 0.560. The molecule has 0 bridgehead atoms. The van der Waals surface area contributed by atoms with Crippen LogP contribution in [0.15, 0.2) is 0 Å². The van der Waals surface area contributed by atoms with Gasteiger partial charge in [0.05, 0.1) is 0 Å². The first-order chi connectivity index (χ1) is 8.59. The van der Waals surface area contributed by atoms with Crippen molar-refractivity contribution >= 4 is 17.7 Å². The number of likely N-dealkylation sites (tertiary alicyclic amines) is 1. The average Bonchev–Trinajstić information content (AvgIpc) is 2.67. The summed E-state index contributed by atoms with van der Waals surface area (Å²) in [6.07, 6.45) is 0.610. The maximum absolute atomic E-state index is 11.5. The fraction of sp³-hybridized carbons (Fsp3) is 0.727. The second-order valence-electron chi connectivity index (χ2n) is 4.60. The molecule has 7 heteroatoms. The summed E-state index contributed by atoms with van der Waals surface area (Å²) >= 11 is 0. The van der Waals surface area contributed by atoms with Crippen molar-refractivity contribution in [1.29, 1.82) is 0 Å². The Morgan fingerprint density at radius 2 is 1.94 bits per heavy atom. The number of nitrogens with one attached hydrogen (secondary N) is 1. The molecule has 2 heterocycles.